The average molecular weight is 279 g/mol. The molecule has 6 heteroatoms. The number of carbonyl (C=O) groups excluding carboxylic acids is 1. The molecule has 0 atom stereocenters. The van der Waals surface area contributed by atoms with Gasteiger partial charge in [0.15, 0.2) is 0 Å². The maximum atomic E-state index is 11.8. The first-order valence-electron chi connectivity index (χ1n) is 6.92. The van der Waals surface area contributed by atoms with Gasteiger partial charge in [0.2, 0.25) is 0 Å². The van der Waals surface area contributed by atoms with E-state index in [4.69, 9.17) is 4.74 Å². The summed E-state index contributed by atoms with van der Waals surface area (Å²) in [7, 11) is 0. The van der Waals surface area contributed by atoms with Crippen molar-refractivity contribution in [2.45, 2.75) is 19.3 Å². The van der Waals surface area contributed by atoms with E-state index in [1.807, 2.05) is 0 Å². The summed E-state index contributed by atoms with van der Waals surface area (Å²) in [6.07, 6.45) is 3.78. The van der Waals surface area contributed by atoms with Gasteiger partial charge in [-0.1, -0.05) is 0 Å². The highest BCUT2D eigenvalue weighted by Gasteiger charge is 2.15. The van der Waals surface area contributed by atoms with Crippen molar-refractivity contribution in [1.82, 2.24) is 0 Å². The fourth-order valence-corrected chi connectivity index (χ4v) is 2.39. The predicted molar refractivity (Wildman–Crippen MR) is 72.8 cm³/mol. The van der Waals surface area contributed by atoms with Gasteiger partial charge in [-0.2, -0.15) is 0 Å². The van der Waals surface area contributed by atoms with E-state index >= 15 is 0 Å². The standard InChI is InChI=1S/C14H18N2O4/c17-14(12-4-6-13(7-5-12)16(18)19)20-11-10-15-8-2-1-3-9-15/h4-7H,1-3,8-11H2/p+1. The van der Waals surface area contributed by atoms with Crippen molar-refractivity contribution in [3.63, 3.8) is 0 Å². The fourth-order valence-electron chi connectivity index (χ4n) is 2.39. The highest BCUT2D eigenvalue weighted by molar-refractivity contribution is 5.89. The van der Waals surface area contributed by atoms with Crippen molar-refractivity contribution in [3.8, 4) is 0 Å². The van der Waals surface area contributed by atoms with Crippen LogP contribution in [0.1, 0.15) is 29.6 Å². The van der Waals surface area contributed by atoms with Gasteiger partial charge in [0, 0.05) is 12.1 Å². The van der Waals surface area contributed by atoms with Crippen molar-refractivity contribution in [3.05, 3.63) is 39.9 Å². The van der Waals surface area contributed by atoms with Crippen LogP contribution < -0.4 is 4.90 Å². The maximum Gasteiger partial charge on any atom is 0.338 e. The van der Waals surface area contributed by atoms with Crippen LogP contribution in [0, 0.1) is 10.1 Å². The lowest BCUT2D eigenvalue weighted by atomic mass is 10.1. The van der Waals surface area contributed by atoms with Gasteiger partial charge >= 0.3 is 5.97 Å². The first-order chi connectivity index (χ1) is 9.66. The van der Waals surface area contributed by atoms with Gasteiger partial charge in [-0.15, -0.1) is 0 Å². The molecule has 20 heavy (non-hydrogen) atoms. The molecule has 1 saturated heterocycles. The summed E-state index contributed by atoms with van der Waals surface area (Å²) < 4.78 is 5.20. The minimum atomic E-state index is -0.491. The molecule has 6 nitrogen and oxygen atoms in total. The van der Waals surface area contributed by atoms with Crippen molar-refractivity contribution in [2.24, 2.45) is 0 Å². The van der Waals surface area contributed by atoms with Crippen LogP contribution in [-0.2, 0) is 4.74 Å². The van der Waals surface area contributed by atoms with Crippen molar-refractivity contribution in [2.75, 3.05) is 26.2 Å². The Hall–Kier alpha value is -1.95. The second-order valence-electron chi connectivity index (χ2n) is 5.00. The third-order valence-corrected chi connectivity index (χ3v) is 3.56. The first kappa shape index (κ1) is 14.5. The zero-order valence-electron chi connectivity index (χ0n) is 11.3. The molecule has 0 aliphatic carbocycles. The lowest BCUT2D eigenvalue weighted by Crippen LogP contribution is -3.13. The van der Waals surface area contributed by atoms with Gasteiger partial charge in [-0.3, -0.25) is 10.1 Å². The number of carbonyl (C=O) groups is 1. The smallest absolute Gasteiger partial charge is 0.338 e. The van der Waals surface area contributed by atoms with E-state index in [1.54, 1.807) is 0 Å². The van der Waals surface area contributed by atoms with E-state index in [0.29, 0.717) is 12.2 Å². The number of hydrogen-bond acceptors (Lipinski definition) is 4. The average Bonchev–Trinajstić information content (AvgIpc) is 2.48. The number of likely N-dealkylation sites (tertiary alicyclic amines) is 1. The molecule has 1 aliphatic heterocycles. The number of nitro groups is 1. The lowest BCUT2D eigenvalue weighted by molar-refractivity contribution is -0.905. The third-order valence-electron chi connectivity index (χ3n) is 3.56. The number of piperidine rings is 1. The Morgan fingerprint density at radius 3 is 2.45 bits per heavy atom. The number of benzene rings is 1. The normalized spacial score (nSPS) is 15.8. The van der Waals surface area contributed by atoms with Crippen LogP contribution in [0.4, 0.5) is 5.69 Å². The van der Waals surface area contributed by atoms with Gasteiger partial charge in [-0.25, -0.2) is 4.79 Å². The molecule has 1 fully saturated rings. The van der Waals surface area contributed by atoms with Crippen LogP contribution in [0.3, 0.4) is 0 Å². The molecule has 0 radical (unpaired) electrons. The minimum absolute atomic E-state index is 0.0284. The third kappa shape index (κ3) is 4.03. The molecule has 1 aliphatic rings. The molecule has 0 bridgehead atoms. The highest BCUT2D eigenvalue weighted by atomic mass is 16.6. The van der Waals surface area contributed by atoms with Gasteiger partial charge in [-0.05, 0) is 31.4 Å². The Labute approximate surface area is 117 Å². The summed E-state index contributed by atoms with van der Waals surface area (Å²) in [5, 5.41) is 10.5. The van der Waals surface area contributed by atoms with E-state index < -0.39 is 10.9 Å². The SMILES string of the molecule is O=C(OCC[NH+]1CCCCC1)c1ccc([N+](=O)[O-])cc1. The van der Waals surface area contributed by atoms with E-state index in [-0.39, 0.29) is 5.69 Å². The van der Waals surface area contributed by atoms with Crippen LogP contribution in [0.15, 0.2) is 24.3 Å². The summed E-state index contributed by atoms with van der Waals surface area (Å²) in [5.74, 6) is -0.420. The van der Waals surface area contributed by atoms with Gasteiger partial charge in [0.1, 0.15) is 13.2 Å². The molecule has 0 aromatic heterocycles. The molecule has 1 heterocycles. The summed E-state index contributed by atoms with van der Waals surface area (Å²) in [4.78, 5) is 23.3. The number of nitrogens with one attached hydrogen (secondary N) is 1. The Kier molecular flexibility index (Phi) is 5.06. The number of quaternary nitrogens is 1. The predicted octanol–water partition coefficient (Wildman–Crippen LogP) is 0.820. The van der Waals surface area contributed by atoms with Crippen molar-refractivity contribution in [1.29, 1.82) is 0 Å². The van der Waals surface area contributed by atoms with Crippen LogP contribution >= 0.6 is 0 Å². The number of non-ortho nitro benzene ring substituents is 1. The van der Waals surface area contributed by atoms with Gasteiger partial charge < -0.3 is 9.64 Å². The van der Waals surface area contributed by atoms with E-state index in [1.165, 1.54) is 48.4 Å². The van der Waals surface area contributed by atoms with E-state index in [9.17, 15) is 14.9 Å². The first-order valence-corrected chi connectivity index (χ1v) is 6.92. The second kappa shape index (κ2) is 7.00. The highest BCUT2D eigenvalue weighted by Crippen LogP contribution is 2.12. The monoisotopic (exact) mass is 279 g/mol. The number of rotatable bonds is 5. The maximum absolute atomic E-state index is 11.8. The number of ether oxygens (including phenoxy) is 1. The minimum Gasteiger partial charge on any atom is -0.456 e. The Balaban J connectivity index is 1.77. The van der Waals surface area contributed by atoms with Crippen LogP contribution in [0.2, 0.25) is 0 Å². The molecule has 0 saturated carbocycles. The molecule has 108 valence electrons. The number of esters is 1. The van der Waals surface area contributed by atoms with Gasteiger partial charge in [0.05, 0.1) is 23.6 Å². The molecule has 1 N–H and O–H groups in total. The Morgan fingerprint density at radius 2 is 1.85 bits per heavy atom. The summed E-state index contributed by atoms with van der Waals surface area (Å²) in [6.45, 7) is 3.52. The molecular formula is C14H19N2O4+. The van der Waals surface area contributed by atoms with Crippen LogP contribution in [-0.4, -0.2) is 37.1 Å². The molecular weight excluding hydrogens is 260 g/mol. The molecule has 1 aromatic rings. The largest absolute Gasteiger partial charge is 0.456 e. The van der Waals surface area contributed by atoms with E-state index in [2.05, 4.69) is 0 Å². The Morgan fingerprint density at radius 1 is 1.20 bits per heavy atom. The fraction of sp³-hybridized carbons (Fsp3) is 0.500. The lowest BCUT2D eigenvalue weighted by Gasteiger charge is -2.23. The summed E-state index contributed by atoms with van der Waals surface area (Å²) in [6, 6.07) is 5.47. The zero-order chi connectivity index (χ0) is 14.4. The number of hydrogen-bond donors (Lipinski definition) is 1. The molecule has 0 unspecified atom stereocenters. The molecule has 0 amide bonds. The quantitative estimate of drug-likeness (QED) is 0.492. The molecule has 0 spiro atoms. The van der Waals surface area contributed by atoms with Crippen LogP contribution in [0.25, 0.3) is 0 Å². The molecule has 2 rings (SSSR count). The Bertz CT molecular complexity index is 467. The number of nitrogens with zero attached hydrogens (tertiary/aromatic N) is 1. The van der Waals surface area contributed by atoms with Crippen LogP contribution in [0.5, 0.6) is 0 Å². The summed E-state index contributed by atoms with van der Waals surface area (Å²) >= 11 is 0. The second-order valence-corrected chi connectivity index (χ2v) is 5.00. The molecule has 1 aromatic carbocycles. The van der Waals surface area contributed by atoms with Crippen molar-refractivity contribution < 1.29 is 19.4 Å². The number of nitro benzene ring substituents is 1. The zero-order valence-corrected chi connectivity index (χ0v) is 11.3. The van der Waals surface area contributed by atoms with Gasteiger partial charge in [0.25, 0.3) is 5.69 Å². The van der Waals surface area contributed by atoms with E-state index in [0.717, 1.165) is 19.6 Å². The van der Waals surface area contributed by atoms with Crippen molar-refractivity contribution >= 4 is 11.7 Å². The summed E-state index contributed by atoms with van der Waals surface area (Å²) in [5.41, 5.74) is 0.323. The topological polar surface area (TPSA) is 73.9 Å².